The molecule has 8 nitrogen and oxygen atoms in total. The first kappa shape index (κ1) is 19.3. The fraction of sp³-hybridized carbons (Fsp3) is 0.500. The van der Waals surface area contributed by atoms with Crippen LogP contribution in [0.3, 0.4) is 0 Å². The van der Waals surface area contributed by atoms with Crippen LogP contribution in [0.15, 0.2) is 23.1 Å². The van der Waals surface area contributed by atoms with E-state index in [-0.39, 0.29) is 24.3 Å². The van der Waals surface area contributed by atoms with Gasteiger partial charge in [-0.1, -0.05) is 6.07 Å². The molecule has 2 atom stereocenters. The number of nitrogens with zero attached hydrogens (tertiary/aromatic N) is 1. The van der Waals surface area contributed by atoms with Crippen molar-refractivity contribution in [3.63, 3.8) is 0 Å². The second-order valence-corrected chi connectivity index (χ2v) is 7.25. The zero-order valence-electron chi connectivity index (χ0n) is 14.8. The number of amides is 2. The normalized spacial score (nSPS) is 19.5. The van der Waals surface area contributed by atoms with E-state index in [1.165, 1.54) is 11.9 Å². The van der Waals surface area contributed by atoms with Gasteiger partial charge in [-0.25, -0.2) is 0 Å². The van der Waals surface area contributed by atoms with Crippen molar-refractivity contribution in [2.75, 3.05) is 26.3 Å². The second-order valence-electron chi connectivity index (χ2n) is 6.32. The topological polar surface area (TPSA) is 112 Å². The van der Waals surface area contributed by atoms with Gasteiger partial charge in [-0.05, 0) is 43.3 Å². The van der Waals surface area contributed by atoms with Gasteiger partial charge in [0.25, 0.3) is 0 Å². The van der Waals surface area contributed by atoms with Crippen molar-refractivity contribution in [3.8, 4) is 17.6 Å². The molecule has 2 aliphatic rings. The number of fused-ring (bicyclic) bond motifs is 1. The molecule has 0 saturated carbocycles. The van der Waals surface area contributed by atoms with E-state index >= 15 is 0 Å². The van der Waals surface area contributed by atoms with E-state index in [1.54, 1.807) is 0 Å². The molecule has 3 rings (SSSR count). The van der Waals surface area contributed by atoms with Crippen LogP contribution in [0.25, 0.3) is 0 Å². The van der Waals surface area contributed by atoms with Crippen LogP contribution < -0.4 is 24.8 Å². The molecule has 1 aromatic rings. The summed E-state index contributed by atoms with van der Waals surface area (Å²) in [6.07, 6.45) is 1.97. The van der Waals surface area contributed by atoms with Crippen molar-refractivity contribution in [2.24, 2.45) is 5.92 Å². The van der Waals surface area contributed by atoms with E-state index in [4.69, 9.17) is 9.47 Å². The molecule has 0 spiro atoms. The molecule has 0 bridgehead atoms. The first-order valence-corrected chi connectivity index (χ1v) is 9.74. The van der Waals surface area contributed by atoms with Gasteiger partial charge in [-0.2, -0.15) is 5.26 Å². The fourth-order valence-electron chi connectivity index (χ4n) is 3.04. The Morgan fingerprint density at radius 3 is 3.07 bits per heavy atom. The SMILES string of the molecule is N#C[C@H](C[C@@H]1CCCNC1=O)NC(=O)CNSc1cccc2c1OCCO2. The molecule has 0 aliphatic carbocycles. The molecule has 9 heteroatoms. The number of nitrogens with one attached hydrogen (secondary N) is 3. The molecule has 1 fully saturated rings. The van der Waals surface area contributed by atoms with Crippen LogP contribution in [0.2, 0.25) is 0 Å². The molecule has 144 valence electrons. The maximum atomic E-state index is 12.1. The Hall–Kier alpha value is -2.44. The van der Waals surface area contributed by atoms with Crippen LogP contribution in [-0.4, -0.2) is 44.2 Å². The van der Waals surface area contributed by atoms with Gasteiger partial charge < -0.3 is 20.1 Å². The van der Waals surface area contributed by atoms with E-state index in [0.29, 0.717) is 37.7 Å². The number of hydrogen-bond donors (Lipinski definition) is 3. The van der Waals surface area contributed by atoms with Gasteiger partial charge in [0.1, 0.15) is 19.3 Å². The zero-order chi connectivity index (χ0) is 19.1. The third kappa shape index (κ3) is 5.28. The number of ether oxygens (including phenoxy) is 2. The Kier molecular flexibility index (Phi) is 6.79. The van der Waals surface area contributed by atoms with Crippen molar-refractivity contribution in [1.82, 2.24) is 15.4 Å². The van der Waals surface area contributed by atoms with E-state index in [1.807, 2.05) is 18.2 Å². The molecular weight excluding hydrogens is 368 g/mol. The van der Waals surface area contributed by atoms with Gasteiger partial charge in [0.2, 0.25) is 11.8 Å². The molecule has 0 aromatic heterocycles. The maximum absolute atomic E-state index is 12.1. The lowest BCUT2D eigenvalue weighted by Gasteiger charge is -2.24. The Morgan fingerprint density at radius 2 is 2.26 bits per heavy atom. The van der Waals surface area contributed by atoms with Crippen molar-refractivity contribution >= 4 is 23.8 Å². The highest BCUT2D eigenvalue weighted by atomic mass is 32.2. The Bertz CT molecular complexity index is 737. The van der Waals surface area contributed by atoms with Gasteiger partial charge in [0.05, 0.1) is 17.5 Å². The van der Waals surface area contributed by atoms with Crippen LogP contribution in [-0.2, 0) is 9.59 Å². The summed E-state index contributed by atoms with van der Waals surface area (Å²) >= 11 is 1.27. The number of carbonyl (C=O) groups is 2. The minimum absolute atomic E-state index is 0.0320. The summed E-state index contributed by atoms with van der Waals surface area (Å²) in [5.74, 6) is 0.791. The summed E-state index contributed by atoms with van der Waals surface area (Å²) in [4.78, 5) is 24.8. The van der Waals surface area contributed by atoms with Crippen molar-refractivity contribution in [3.05, 3.63) is 18.2 Å². The molecule has 1 saturated heterocycles. The zero-order valence-corrected chi connectivity index (χ0v) is 15.6. The van der Waals surface area contributed by atoms with Gasteiger partial charge in [-0.15, -0.1) is 0 Å². The summed E-state index contributed by atoms with van der Waals surface area (Å²) < 4.78 is 14.1. The molecule has 2 amide bonds. The number of carbonyl (C=O) groups excluding carboxylic acids is 2. The maximum Gasteiger partial charge on any atom is 0.235 e. The lowest BCUT2D eigenvalue weighted by atomic mass is 9.92. The summed E-state index contributed by atoms with van der Waals surface area (Å²) in [6.45, 7) is 1.72. The highest BCUT2D eigenvalue weighted by Crippen LogP contribution is 2.38. The average molecular weight is 390 g/mol. The lowest BCUT2D eigenvalue weighted by molar-refractivity contribution is -0.127. The highest BCUT2D eigenvalue weighted by Gasteiger charge is 2.26. The number of rotatable bonds is 7. The van der Waals surface area contributed by atoms with Gasteiger partial charge in [0, 0.05) is 12.5 Å². The Morgan fingerprint density at radius 1 is 1.41 bits per heavy atom. The third-order valence-electron chi connectivity index (χ3n) is 4.36. The number of nitriles is 1. The smallest absolute Gasteiger partial charge is 0.235 e. The van der Waals surface area contributed by atoms with Crippen molar-refractivity contribution < 1.29 is 19.1 Å². The van der Waals surface area contributed by atoms with E-state index in [2.05, 4.69) is 21.4 Å². The van der Waals surface area contributed by atoms with Crippen LogP contribution in [0, 0.1) is 17.2 Å². The molecule has 2 heterocycles. The number of para-hydroxylation sites is 1. The highest BCUT2D eigenvalue weighted by molar-refractivity contribution is 7.97. The minimum Gasteiger partial charge on any atom is -0.486 e. The first-order valence-electron chi connectivity index (χ1n) is 8.92. The molecule has 0 radical (unpaired) electrons. The third-order valence-corrected chi connectivity index (χ3v) is 5.19. The van der Waals surface area contributed by atoms with Crippen LogP contribution in [0.1, 0.15) is 19.3 Å². The largest absolute Gasteiger partial charge is 0.486 e. The lowest BCUT2D eigenvalue weighted by Crippen LogP contribution is -2.43. The van der Waals surface area contributed by atoms with E-state index < -0.39 is 6.04 Å². The first-order chi connectivity index (χ1) is 13.2. The molecular formula is C18H22N4O4S. The quantitative estimate of drug-likeness (QED) is 0.595. The summed E-state index contributed by atoms with van der Waals surface area (Å²) in [5, 5.41) is 14.7. The van der Waals surface area contributed by atoms with Crippen LogP contribution in [0.5, 0.6) is 11.5 Å². The Labute approximate surface area is 162 Å². The number of piperidine rings is 1. The molecule has 27 heavy (non-hydrogen) atoms. The number of benzene rings is 1. The van der Waals surface area contributed by atoms with E-state index in [9.17, 15) is 14.9 Å². The second kappa shape index (κ2) is 9.48. The van der Waals surface area contributed by atoms with Gasteiger partial charge in [0.15, 0.2) is 11.5 Å². The minimum atomic E-state index is -0.681. The van der Waals surface area contributed by atoms with Crippen molar-refractivity contribution in [2.45, 2.75) is 30.2 Å². The predicted octanol–water partition coefficient (Wildman–Crippen LogP) is 0.979. The summed E-state index contributed by atoms with van der Waals surface area (Å²) in [6, 6.07) is 6.96. The van der Waals surface area contributed by atoms with Crippen LogP contribution >= 0.6 is 11.9 Å². The standard InChI is InChI=1S/C18H22N4O4S/c19-10-13(9-12-3-2-6-20-18(12)24)22-16(23)11-21-27-15-5-1-4-14-17(15)26-8-7-25-14/h1,4-5,12-13,21H,2-3,6-9,11H2,(H,20,24)(H,22,23)/t12-,13-/m0/s1. The van der Waals surface area contributed by atoms with Gasteiger partial charge in [-0.3, -0.25) is 14.3 Å². The van der Waals surface area contributed by atoms with Gasteiger partial charge >= 0.3 is 0 Å². The molecule has 3 N–H and O–H groups in total. The van der Waals surface area contributed by atoms with Crippen molar-refractivity contribution in [1.29, 1.82) is 5.26 Å². The molecule has 0 unspecified atom stereocenters. The number of hydrogen-bond acceptors (Lipinski definition) is 7. The van der Waals surface area contributed by atoms with E-state index in [0.717, 1.165) is 17.7 Å². The fourth-order valence-corrected chi connectivity index (χ4v) is 3.80. The predicted molar refractivity (Wildman–Crippen MR) is 99.2 cm³/mol. The Balaban J connectivity index is 1.45. The van der Waals surface area contributed by atoms with Crippen LogP contribution in [0.4, 0.5) is 0 Å². The average Bonchev–Trinajstić information content (AvgIpc) is 2.69. The monoisotopic (exact) mass is 390 g/mol. The molecule has 2 aliphatic heterocycles. The molecule has 1 aromatic carbocycles. The summed E-state index contributed by atoms with van der Waals surface area (Å²) in [5.41, 5.74) is 0. The summed E-state index contributed by atoms with van der Waals surface area (Å²) in [7, 11) is 0.